The molecule has 1 amide bonds. The van der Waals surface area contributed by atoms with Gasteiger partial charge in [-0.25, -0.2) is 10.9 Å². The van der Waals surface area contributed by atoms with Crippen molar-refractivity contribution in [3.8, 4) is 5.75 Å². The summed E-state index contributed by atoms with van der Waals surface area (Å²) in [5, 5.41) is 43.2. The predicted molar refractivity (Wildman–Crippen MR) is 145 cm³/mol. The third-order valence-corrected chi connectivity index (χ3v) is 9.31. The van der Waals surface area contributed by atoms with E-state index in [0.29, 0.717) is 42.4 Å². The molecule has 36 heavy (non-hydrogen) atoms. The van der Waals surface area contributed by atoms with Crippen LogP contribution in [0.3, 0.4) is 0 Å². The standard InChI is InChI=1S/C27H38ClNO6S/c1-27(2,16-30)29-23(32)5-4-12-35-20-9-6-17(7-10-20)13-19-14-18(8-11-21(19)28)26-25(34)24(33)22(31)15-36(26)3/h6-11,14,22,24-26,30-31,33-34,36H,4-5,12-13,15-16H2,1-3H3,(H,29,32)/t22-,24-,25-,26+/m1/s1. The summed E-state index contributed by atoms with van der Waals surface area (Å²) in [6.45, 7) is 3.82. The largest absolute Gasteiger partial charge is 0.494 e. The van der Waals surface area contributed by atoms with Crippen LogP contribution in [0.4, 0.5) is 0 Å². The lowest BCUT2D eigenvalue weighted by molar-refractivity contribution is -0.123. The van der Waals surface area contributed by atoms with E-state index in [9.17, 15) is 25.2 Å². The molecule has 3 rings (SSSR count). The third kappa shape index (κ3) is 7.60. The summed E-state index contributed by atoms with van der Waals surface area (Å²) in [4.78, 5) is 11.9. The third-order valence-electron chi connectivity index (χ3n) is 6.44. The molecule has 9 heteroatoms. The zero-order valence-electron chi connectivity index (χ0n) is 21.0. The van der Waals surface area contributed by atoms with Crippen LogP contribution in [0.2, 0.25) is 5.02 Å². The summed E-state index contributed by atoms with van der Waals surface area (Å²) in [5.74, 6) is 1.08. The van der Waals surface area contributed by atoms with Gasteiger partial charge in [0.05, 0.1) is 31.0 Å². The maximum atomic E-state index is 11.9. The van der Waals surface area contributed by atoms with Crippen molar-refractivity contribution in [1.29, 1.82) is 0 Å². The molecular weight excluding hydrogens is 502 g/mol. The normalized spacial score (nSPS) is 25.4. The highest BCUT2D eigenvalue weighted by molar-refractivity contribution is 8.16. The van der Waals surface area contributed by atoms with Crippen molar-refractivity contribution < 1.29 is 30.0 Å². The maximum Gasteiger partial charge on any atom is 0.220 e. The van der Waals surface area contributed by atoms with Gasteiger partial charge >= 0.3 is 0 Å². The lowest BCUT2D eigenvalue weighted by atomic mass is 9.96. The number of thiol groups is 1. The summed E-state index contributed by atoms with van der Waals surface area (Å²) in [6, 6.07) is 13.4. The van der Waals surface area contributed by atoms with Gasteiger partial charge in [-0.15, -0.1) is 0 Å². The zero-order valence-corrected chi connectivity index (χ0v) is 22.7. The van der Waals surface area contributed by atoms with Crippen LogP contribution in [0.15, 0.2) is 42.5 Å². The summed E-state index contributed by atoms with van der Waals surface area (Å²) in [5.41, 5.74) is 2.27. The molecule has 200 valence electrons. The molecule has 0 aliphatic carbocycles. The Hall–Kier alpha value is -1.81. The van der Waals surface area contributed by atoms with Crippen molar-refractivity contribution >= 4 is 28.4 Å². The van der Waals surface area contributed by atoms with Gasteiger partial charge in [0.15, 0.2) is 0 Å². The van der Waals surface area contributed by atoms with E-state index in [4.69, 9.17) is 16.3 Å². The summed E-state index contributed by atoms with van der Waals surface area (Å²) in [7, 11) is -0.698. The average molecular weight is 540 g/mol. The number of rotatable bonds is 10. The average Bonchev–Trinajstić information content (AvgIpc) is 2.83. The lowest BCUT2D eigenvalue weighted by Gasteiger charge is -2.42. The molecule has 1 unspecified atom stereocenters. The molecule has 7 nitrogen and oxygen atoms in total. The van der Waals surface area contributed by atoms with Gasteiger partial charge in [-0.2, -0.15) is 0 Å². The first-order valence-corrected chi connectivity index (χ1v) is 14.6. The lowest BCUT2D eigenvalue weighted by Crippen LogP contribution is -2.47. The molecule has 5 atom stereocenters. The van der Waals surface area contributed by atoms with Crippen LogP contribution in [0.25, 0.3) is 0 Å². The Kier molecular flexibility index (Phi) is 10.1. The highest BCUT2D eigenvalue weighted by Gasteiger charge is 2.40. The minimum absolute atomic E-state index is 0.117. The first-order chi connectivity index (χ1) is 17.0. The topological polar surface area (TPSA) is 119 Å². The molecule has 1 aliphatic rings. The Morgan fingerprint density at radius 3 is 2.50 bits per heavy atom. The van der Waals surface area contributed by atoms with E-state index in [-0.39, 0.29) is 17.8 Å². The number of ether oxygens (including phenoxy) is 1. The molecule has 1 fully saturated rings. The fourth-order valence-corrected chi connectivity index (χ4v) is 6.97. The molecule has 1 saturated heterocycles. The van der Waals surface area contributed by atoms with E-state index in [0.717, 1.165) is 16.7 Å². The molecule has 0 bridgehead atoms. The van der Waals surface area contributed by atoms with Gasteiger partial charge in [-0.1, -0.05) is 35.9 Å². The van der Waals surface area contributed by atoms with Gasteiger partial charge in [-0.05, 0) is 67.8 Å². The van der Waals surface area contributed by atoms with Crippen LogP contribution in [0.5, 0.6) is 5.75 Å². The summed E-state index contributed by atoms with van der Waals surface area (Å²) >= 11 is 6.48. The highest BCUT2D eigenvalue weighted by Crippen LogP contribution is 2.48. The van der Waals surface area contributed by atoms with E-state index in [2.05, 4.69) is 5.32 Å². The maximum absolute atomic E-state index is 11.9. The van der Waals surface area contributed by atoms with Crippen molar-refractivity contribution in [3.63, 3.8) is 0 Å². The first-order valence-electron chi connectivity index (χ1n) is 12.2. The Labute approximate surface area is 220 Å². The quantitative estimate of drug-likeness (QED) is 0.204. The molecular formula is C27H38ClNO6S. The van der Waals surface area contributed by atoms with Crippen molar-refractivity contribution in [2.24, 2.45) is 0 Å². The summed E-state index contributed by atoms with van der Waals surface area (Å²) in [6.07, 6.45) is 0.468. The molecule has 0 saturated carbocycles. The first kappa shape index (κ1) is 28.8. The molecule has 1 aliphatic heterocycles. The molecule has 2 aromatic rings. The minimum Gasteiger partial charge on any atom is -0.494 e. The fraction of sp³-hybridized carbons (Fsp3) is 0.519. The SMILES string of the molecule is C[SH]1C[C@@H](O)[C@@H](O)[C@@H](O)[C@@H]1c1ccc(Cl)c(Cc2ccc(OCCCC(=O)NC(C)(C)CO)cc2)c1. The molecule has 5 N–H and O–H groups in total. The number of halogens is 1. The number of benzene rings is 2. The highest BCUT2D eigenvalue weighted by atomic mass is 35.5. The predicted octanol–water partition coefficient (Wildman–Crippen LogP) is 2.75. The van der Waals surface area contributed by atoms with Crippen LogP contribution in [-0.4, -0.2) is 75.4 Å². The summed E-state index contributed by atoms with van der Waals surface area (Å²) < 4.78 is 5.76. The fourth-order valence-electron chi connectivity index (χ4n) is 4.38. The van der Waals surface area contributed by atoms with Crippen molar-refractivity contribution in [2.45, 2.75) is 62.2 Å². The van der Waals surface area contributed by atoms with E-state index in [1.165, 1.54) is 0 Å². The van der Waals surface area contributed by atoms with Gasteiger partial charge in [0.1, 0.15) is 11.9 Å². The van der Waals surface area contributed by atoms with Crippen LogP contribution >= 0.6 is 22.5 Å². The van der Waals surface area contributed by atoms with Gasteiger partial charge in [0, 0.05) is 22.4 Å². The number of nitrogens with one attached hydrogen (secondary N) is 1. The number of hydrogen-bond donors (Lipinski definition) is 6. The zero-order chi connectivity index (χ0) is 26.5. The Morgan fingerprint density at radius 1 is 1.14 bits per heavy atom. The second kappa shape index (κ2) is 12.6. The number of aliphatic hydroxyl groups excluding tert-OH is 4. The molecule has 1 heterocycles. The number of hydrogen-bond acceptors (Lipinski definition) is 6. The second-order valence-corrected chi connectivity index (χ2v) is 13.0. The minimum atomic E-state index is -1.15. The van der Waals surface area contributed by atoms with Crippen LogP contribution in [0, 0.1) is 0 Å². The van der Waals surface area contributed by atoms with Gasteiger partial charge < -0.3 is 30.5 Å². The molecule has 2 aromatic carbocycles. The van der Waals surface area contributed by atoms with E-state index in [1.807, 2.05) is 48.7 Å². The smallest absolute Gasteiger partial charge is 0.220 e. The Bertz CT molecular complexity index is 1020. The monoisotopic (exact) mass is 539 g/mol. The Morgan fingerprint density at radius 2 is 1.83 bits per heavy atom. The van der Waals surface area contributed by atoms with E-state index < -0.39 is 34.7 Å². The van der Waals surface area contributed by atoms with E-state index >= 15 is 0 Å². The van der Waals surface area contributed by atoms with Gasteiger partial charge in [0.25, 0.3) is 0 Å². The Balaban J connectivity index is 1.56. The molecule has 0 radical (unpaired) electrons. The molecule has 0 aromatic heterocycles. The van der Waals surface area contributed by atoms with Crippen LogP contribution in [0.1, 0.15) is 48.6 Å². The van der Waals surface area contributed by atoms with Crippen molar-refractivity contribution in [3.05, 3.63) is 64.2 Å². The van der Waals surface area contributed by atoms with E-state index in [1.54, 1.807) is 13.8 Å². The number of carbonyl (C=O) groups is 1. The number of carbonyl (C=O) groups excluding carboxylic acids is 1. The van der Waals surface area contributed by atoms with Crippen LogP contribution in [-0.2, 0) is 11.2 Å². The molecule has 0 spiro atoms. The second-order valence-electron chi connectivity index (χ2n) is 10.1. The van der Waals surface area contributed by atoms with Gasteiger partial charge in [-0.3, -0.25) is 4.79 Å². The van der Waals surface area contributed by atoms with Crippen LogP contribution < -0.4 is 10.1 Å². The number of amides is 1. The van der Waals surface area contributed by atoms with Gasteiger partial charge in [0.2, 0.25) is 5.91 Å². The van der Waals surface area contributed by atoms with Crippen molar-refractivity contribution in [1.82, 2.24) is 5.32 Å². The van der Waals surface area contributed by atoms with Crippen molar-refractivity contribution in [2.75, 3.05) is 25.2 Å². The number of aliphatic hydroxyl groups is 4.